The lowest BCUT2D eigenvalue weighted by atomic mass is 10.3. The van der Waals surface area contributed by atoms with Crippen molar-refractivity contribution in [3.05, 3.63) is 0 Å². The Kier molecular flexibility index (Phi) is 7.75. The Morgan fingerprint density at radius 1 is 1.00 bits per heavy atom. The van der Waals surface area contributed by atoms with Gasteiger partial charge in [-0.3, -0.25) is 4.79 Å². The molecule has 0 aliphatic carbocycles. The second-order valence-electron chi connectivity index (χ2n) is 3.47. The zero-order valence-electron chi connectivity index (χ0n) is 10.4. The van der Waals surface area contributed by atoms with Crippen LogP contribution in [0.3, 0.4) is 0 Å². The van der Waals surface area contributed by atoms with E-state index in [1.54, 1.807) is 0 Å². The van der Waals surface area contributed by atoms with Gasteiger partial charge in [0.2, 0.25) is 11.9 Å². The molecular formula is C11H19NO5. The highest BCUT2D eigenvalue weighted by Gasteiger charge is 2.30. The minimum absolute atomic E-state index is 0.204. The third-order valence-corrected chi connectivity index (χ3v) is 1.72. The monoisotopic (exact) mass is 245 g/mol. The molecule has 0 aromatic rings. The van der Waals surface area contributed by atoms with Gasteiger partial charge in [-0.15, -0.1) is 0 Å². The van der Waals surface area contributed by atoms with Crippen LogP contribution in [0.2, 0.25) is 0 Å². The van der Waals surface area contributed by atoms with Crippen molar-refractivity contribution < 1.29 is 23.9 Å². The molecule has 0 atom stereocenters. The van der Waals surface area contributed by atoms with E-state index in [0.717, 1.165) is 0 Å². The Morgan fingerprint density at radius 2 is 1.41 bits per heavy atom. The molecule has 0 aromatic carbocycles. The molecule has 0 fully saturated rings. The molecule has 1 N–H and O–H groups in total. The van der Waals surface area contributed by atoms with Crippen LogP contribution < -0.4 is 5.32 Å². The summed E-state index contributed by atoms with van der Waals surface area (Å²) in [6.45, 7) is 5.28. The zero-order chi connectivity index (χ0) is 13.3. The van der Waals surface area contributed by atoms with Crippen molar-refractivity contribution in [2.45, 2.75) is 39.7 Å². The number of carbonyl (C=O) groups excluding carboxylic acids is 3. The standard InChI is InChI=1S/C11H19NO5/c1-4-6-16-10(14)9(12-8(3)13)11(15)17-7-5-2/h9H,4-7H2,1-3H3,(H,12,13). The maximum atomic E-state index is 11.5. The van der Waals surface area contributed by atoms with Crippen LogP contribution in [0.25, 0.3) is 0 Å². The van der Waals surface area contributed by atoms with E-state index in [0.29, 0.717) is 12.8 Å². The normalized spacial score (nSPS) is 9.88. The van der Waals surface area contributed by atoms with Crippen molar-refractivity contribution in [3.63, 3.8) is 0 Å². The van der Waals surface area contributed by atoms with E-state index < -0.39 is 23.9 Å². The van der Waals surface area contributed by atoms with E-state index in [4.69, 9.17) is 9.47 Å². The Hall–Kier alpha value is -1.59. The summed E-state index contributed by atoms with van der Waals surface area (Å²) in [5.41, 5.74) is 0. The van der Waals surface area contributed by atoms with Gasteiger partial charge in [0, 0.05) is 6.92 Å². The molecule has 0 bridgehead atoms. The highest BCUT2D eigenvalue weighted by molar-refractivity contribution is 6.02. The molecule has 0 aromatic heterocycles. The first-order valence-electron chi connectivity index (χ1n) is 5.63. The second kappa shape index (κ2) is 8.55. The van der Waals surface area contributed by atoms with Crippen LogP contribution >= 0.6 is 0 Å². The van der Waals surface area contributed by atoms with Crippen molar-refractivity contribution in [3.8, 4) is 0 Å². The minimum atomic E-state index is -1.37. The molecule has 0 unspecified atom stereocenters. The Labute approximate surface area is 101 Å². The molecular weight excluding hydrogens is 226 g/mol. The van der Waals surface area contributed by atoms with E-state index in [1.165, 1.54) is 6.92 Å². The Morgan fingerprint density at radius 3 is 1.71 bits per heavy atom. The quantitative estimate of drug-likeness (QED) is 0.518. The summed E-state index contributed by atoms with van der Waals surface area (Å²) in [7, 11) is 0. The minimum Gasteiger partial charge on any atom is -0.464 e. The van der Waals surface area contributed by atoms with Crippen molar-refractivity contribution in [1.82, 2.24) is 5.32 Å². The van der Waals surface area contributed by atoms with Crippen LogP contribution in [0.15, 0.2) is 0 Å². The van der Waals surface area contributed by atoms with Crippen LogP contribution in [0.1, 0.15) is 33.6 Å². The Balaban J connectivity index is 4.45. The van der Waals surface area contributed by atoms with E-state index in [9.17, 15) is 14.4 Å². The predicted molar refractivity (Wildman–Crippen MR) is 60.1 cm³/mol. The van der Waals surface area contributed by atoms with Gasteiger partial charge in [-0.2, -0.15) is 0 Å². The van der Waals surface area contributed by atoms with Crippen LogP contribution in [0.4, 0.5) is 0 Å². The summed E-state index contributed by atoms with van der Waals surface area (Å²) >= 11 is 0. The fraction of sp³-hybridized carbons (Fsp3) is 0.727. The first-order valence-corrected chi connectivity index (χ1v) is 5.63. The average Bonchev–Trinajstić information content (AvgIpc) is 2.29. The van der Waals surface area contributed by atoms with E-state index >= 15 is 0 Å². The number of esters is 2. The van der Waals surface area contributed by atoms with Gasteiger partial charge in [0.05, 0.1) is 13.2 Å². The summed E-state index contributed by atoms with van der Waals surface area (Å²) in [6.07, 6.45) is 1.28. The summed E-state index contributed by atoms with van der Waals surface area (Å²) < 4.78 is 9.60. The lowest BCUT2D eigenvalue weighted by Gasteiger charge is -2.15. The molecule has 0 saturated carbocycles. The third-order valence-electron chi connectivity index (χ3n) is 1.72. The van der Waals surface area contributed by atoms with Gasteiger partial charge in [0.15, 0.2) is 0 Å². The smallest absolute Gasteiger partial charge is 0.340 e. The highest BCUT2D eigenvalue weighted by atomic mass is 16.6. The van der Waals surface area contributed by atoms with Crippen molar-refractivity contribution in [1.29, 1.82) is 0 Å². The molecule has 6 heteroatoms. The van der Waals surface area contributed by atoms with Gasteiger partial charge in [-0.25, -0.2) is 9.59 Å². The number of rotatable bonds is 7. The SMILES string of the molecule is CCCOC(=O)C(NC(C)=O)C(=O)OCCC. The van der Waals surface area contributed by atoms with E-state index in [1.807, 2.05) is 13.8 Å². The van der Waals surface area contributed by atoms with Crippen LogP contribution in [0.5, 0.6) is 0 Å². The lowest BCUT2D eigenvalue weighted by Crippen LogP contribution is -2.47. The van der Waals surface area contributed by atoms with Crippen molar-refractivity contribution in [2.24, 2.45) is 0 Å². The number of ether oxygens (including phenoxy) is 2. The van der Waals surface area contributed by atoms with Crippen LogP contribution in [-0.2, 0) is 23.9 Å². The molecule has 0 radical (unpaired) electrons. The van der Waals surface area contributed by atoms with Crippen LogP contribution in [-0.4, -0.2) is 37.1 Å². The molecule has 0 saturated heterocycles. The molecule has 6 nitrogen and oxygen atoms in total. The fourth-order valence-corrected chi connectivity index (χ4v) is 0.989. The highest BCUT2D eigenvalue weighted by Crippen LogP contribution is 1.96. The van der Waals surface area contributed by atoms with Gasteiger partial charge >= 0.3 is 11.9 Å². The first kappa shape index (κ1) is 15.4. The topological polar surface area (TPSA) is 81.7 Å². The number of carbonyl (C=O) groups is 3. The maximum absolute atomic E-state index is 11.5. The average molecular weight is 245 g/mol. The molecule has 17 heavy (non-hydrogen) atoms. The lowest BCUT2D eigenvalue weighted by molar-refractivity contribution is -0.160. The van der Waals surface area contributed by atoms with Gasteiger partial charge in [-0.1, -0.05) is 13.8 Å². The summed E-state index contributed by atoms with van der Waals surface area (Å²) in [4.78, 5) is 33.9. The molecule has 0 aliphatic heterocycles. The van der Waals surface area contributed by atoms with E-state index in [2.05, 4.69) is 5.32 Å². The summed E-state index contributed by atoms with van der Waals surface area (Å²) in [6, 6.07) is -1.37. The van der Waals surface area contributed by atoms with Gasteiger partial charge in [0.25, 0.3) is 0 Å². The second-order valence-corrected chi connectivity index (χ2v) is 3.47. The summed E-state index contributed by atoms with van der Waals surface area (Å²) in [5, 5.41) is 2.21. The number of amides is 1. The maximum Gasteiger partial charge on any atom is 0.340 e. The predicted octanol–water partition coefficient (Wildman–Crippen LogP) is 0.397. The number of hydrogen-bond donors (Lipinski definition) is 1. The number of hydrogen-bond acceptors (Lipinski definition) is 5. The van der Waals surface area contributed by atoms with Gasteiger partial charge in [0.1, 0.15) is 0 Å². The Bertz CT molecular complexity index is 257. The molecule has 1 amide bonds. The molecule has 98 valence electrons. The molecule has 0 heterocycles. The number of nitrogens with one attached hydrogen (secondary N) is 1. The molecule has 0 rings (SSSR count). The third kappa shape index (κ3) is 6.55. The largest absolute Gasteiger partial charge is 0.464 e. The molecule has 0 aliphatic rings. The van der Waals surface area contributed by atoms with Crippen LogP contribution in [0, 0.1) is 0 Å². The first-order chi connectivity index (χ1) is 8.02. The fourth-order valence-electron chi connectivity index (χ4n) is 0.989. The van der Waals surface area contributed by atoms with Gasteiger partial charge in [-0.05, 0) is 12.8 Å². The van der Waals surface area contributed by atoms with Gasteiger partial charge < -0.3 is 14.8 Å². The van der Waals surface area contributed by atoms with E-state index in [-0.39, 0.29) is 13.2 Å². The van der Waals surface area contributed by atoms with Crippen molar-refractivity contribution >= 4 is 17.8 Å². The molecule has 0 spiro atoms. The zero-order valence-corrected chi connectivity index (χ0v) is 10.4. The summed E-state index contributed by atoms with van der Waals surface area (Å²) in [5.74, 6) is -2.07. The van der Waals surface area contributed by atoms with Crippen molar-refractivity contribution in [2.75, 3.05) is 13.2 Å².